The summed E-state index contributed by atoms with van der Waals surface area (Å²) in [5.41, 5.74) is 1.42. The summed E-state index contributed by atoms with van der Waals surface area (Å²) in [6.07, 6.45) is 2.08. The summed E-state index contributed by atoms with van der Waals surface area (Å²) < 4.78 is 18.8. The lowest BCUT2D eigenvalue weighted by Crippen LogP contribution is -1.95. The van der Waals surface area contributed by atoms with Gasteiger partial charge in [-0.2, -0.15) is 0 Å². The van der Waals surface area contributed by atoms with E-state index in [1.807, 2.05) is 6.92 Å². The number of aromatic amines is 1. The third-order valence-corrected chi connectivity index (χ3v) is 2.52. The number of aromatic nitrogens is 2. The van der Waals surface area contributed by atoms with Crippen LogP contribution in [0.15, 0.2) is 24.4 Å². The highest BCUT2D eigenvalue weighted by Crippen LogP contribution is 2.24. The third-order valence-electron chi connectivity index (χ3n) is 2.52. The van der Waals surface area contributed by atoms with Crippen molar-refractivity contribution in [2.24, 2.45) is 0 Å². The summed E-state index contributed by atoms with van der Waals surface area (Å²) in [4.78, 5) is 7.13. The summed E-state index contributed by atoms with van der Waals surface area (Å²) in [5.74, 6) is 0.533. The van der Waals surface area contributed by atoms with Gasteiger partial charge < -0.3 is 14.8 Å². The Bertz CT molecular complexity index is 525. The Hall–Kier alpha value is -1.88. The van der Waals surface area contributed by atoms with Crippen LogP contribution in [-0.2, 0) is 6.42 Å². The number of nitrogens with zero attached hydrogens (tertiary/aromatic N) is 1. The van der Waals surface area contributed by atoms with E-state index in [-0.39, 0.29) is 12.4 Å². The molecule has 0 spiro atoms. The Labute approximate surface area is 104 Å². The minimum atomic E-state index is -0.396. The second-order valence-electron chi connectivity index (χ2n) is 3.80. The number of aliphatic hydroxyl groups excluding tert-OH is 1. The Morgan fingerprint density at radius 1 is 1.44 bits per heavy atom. The largest absolute Gasteiger partial charge is 0.491 e. The highest BCUT2D eigenvalue weighted by Gasteiger charge is 2.08. The summed E-state index contributed by atoms with van der Waals surface area (Å²) in [6.45, 7) is 2.27. The lowest BCUT2D eigenvalue weighted by atomic mass is 10.1. The van der Waals surface area contributed by atoms with E-state index in [0.717, 1.165) is 5.69 Å². The van der Waals surface area contributed by atoms with Gasteiger partial charge >= 0.3 is 0 Å². The molecule has 0 saturated heterocycles. The molecule has 0 unspecified atom stereocenters. The van der Waals surface area contributed by atoms with Gasteiger partial charge in [-0.25, -0.2) is 9.37 Å². The van der Waals surface area contributed by atoms with Gasteiger partial charge in [-0.15, -0.1) is 0 Å². The van der Waals surface area contributed by atoms with E-state index >= 15 is 0 Å². The first-order chi connectivity index (χ1) is 8.74. The predicted octanol–water partition coefficient (Wildman–Crippen LogP) is 2.15. The van der Waals surface area contributed by atoms with Crippen molar-refractivity contribution in [2.45, 2.75) is 13.3 Å². The molecule has 96 valence electrons. The smallest absolute Gasteiger partial charge is 0.165 e. The molecule has 4 nitrogen and oxygen atoms in total. The first-order valence-electron chi connectivity index (χ1n) is 5.82. The molecule has 0 radical (unpaired) electrons. The normalized spacial score (nSPS) is 10.6. The minimum absolute atomic E-state index is 0.0323. The number of nitrogens with one attached hydrogen (secondary N) is 1. The van der Waals surface area contributed by atoms with Crippen LogP contribution >= 0.6 is 0 Å². The molecule has 0 amide bonds. The summed E-state index contributed by atoms with van der Waals surface area (Å²) in [6, 6.07) is 4.77. The van der Waals surface area contributed by atoms with Crippen molar-refractivity contribution >= 4 is 0 Å². The van der Waals surface area contributed by atoms with Crippen molar-refractivity contribution < 1.29 is 14.2 Å². The van der Waals surface area contributed by atoms with Gasteiger partial charge in [-0.1, -0.05) is 0 Å². The topological polar surface area (TPSA) is 58.1 Å². The van der Waals surface area contributed by atoms with E-state index < -0.39 is 5.82 Å². The Morgan fingerprint density at radius 3 is 2.94 bits per heavy atom. The molecule has 2 rings (SSSR count). The van der Waals surface area contributed by atoms with Crippen molar-refractivity contribution in [3.63, 3.8) is 0 Å². The molecule has 2 aromatic rings. The van der Waals surface area contributed by atoms with Crippen molar-refractivity contribution in [3.8, 4) is 17.0 Å². The highest BCUT2D eigenvalue weighted by atomic mass is 19.1. The molecule has 1 aromatic heterocycles. The van der Waals surface area contributed by atoms with E-state index in [1.54, 1.807) is 18.3 Å². The van der Waals surface area contributed by atoms with Crippen molar-refractivity contribution in [2.75, 3.05) is 13.2 Å². The predicted molar refractivity (Wildman–Crippen MR) is 65.9 cm³/mol. The molecular formula is C13H15FN2O2. The van der Waals surface area contributed by atoms with Gasteiger partial charge in [0.25, 0.3) is 0 Å². The molecule has 0 fully saturated rings. The average Bonchev–Trinajstić information content (AvgIpc) is 2.81. The van der Waals surface area contributed by atoms with Crippen LogP contribution < -0.4 is 4.74 Å². The molecule has 5 heteroatoms. The molecule has 0 bridgehead atoms. The molecule has 0 aliphatic rings. The zero-order valence-electron chi connectivity index (χ0n) is 10.1. The monoisotopic (exact) mass is 250 g/mol. The highest BCUT2D eigenvalue weighted by molar-refractivity contribution is 5.59. The van der Waals surface area contributed by atoms with Crippen LogP contribution in [0.4, 0.5) is 4.39 Å². The maximum Gasteiger partial charge on any atom is 0.165 e. The zero-order valence-corrected chi connectivity index (χ0v) is 10.1. The number of ether oxygens (including phenoxy) is 1. The maximum absolute atomic E-state index is 13.7. The van der Waals surface area contributed by atoms with Gasteiger partial charge in [0.2, 0.25) is 0 Å². The molecule has 2 N–H and O–H groups in total. The maximum atomic E-state index is 13.7. The molecule has 0 saturated carbocycles. The van der Waals surface area contributed by atoms with E-state index in [0.29, 0.717) is 24.4 Å². The Balaban J connectivity index is 2.24. The summed E-state index contributed by atoms with van der Waals surface area (Å²) in [7, 11) is 0. The molecule has 1 aromatic carbocycles. The number of rotatable bonds is 5. The lowest BCUT2D eigenvalue weighted by molar-refractivity contribution is 0.297. The quantitative estimate of drug-likeness (QED) is 0.854. The molecule has 18 heavy (non-hydrogen) atoms. The van der Waals surface area contributed by atoms with E-state index in [1.165, 1.54) is 6.07 Å². The fraction of sp³-hybridized carbons (Fsp3) is 0.308. The zero-order chi connectivity index (χ0) is 13.0. The molecular weight excluding hydrogens is 235 g/mol. The lowest BCUT2D eigenvalue weighted by Gasteiger charge is -2.05. The van der Waals surface area contributed by atoms with Gasteiger partial charge in [0.05, 0.1) is 25.1 Å². The second-order valence-corrected chi connectivity index (χ2v) is 3.80. The van der Waals surface area contributed by atoms with E-state index in [2.05, 4.69) is 9.97 Å². The number of H-pyrrole nitrogens is 1. The molecule has 0 atom stereocenters. The SMILES string of the molecule is CCOc1ccc(-c2cnc(CCO)[nH]2)cc1F. The van der Waals surface area contributed by atoms with Gasteiger partial charge in [-0.05, 0) is 25.1 Å². The minimum Gasteiger partial charge on any atom is -0.491 e. The van der Waals surface area contributed by atoms with Crippen LogP contribution in [-0.4, -0.2) is 28.3 Å². The second kappa shape index (κ2) is 5.64. The number of halogens is 1. The molecule has 0 aliphatic carbocycles. The van der Waals surface area contributed by atoms with Gasteiger partial charge in [0.15, 0.2) is 11.6 Å². The standard InChI is InChI=1S/C13H15FN2O2/c1-2-18-12-4-3-9(7-10(12)14)11-8-15-13(16-11)5-6-17/h3-4,7-8,17H,2,5-6H2,1H3,(H,15,16). The number of imidazole rings is 1. The van der Waals surface area contributed by atoms with E-state index in [9.17, 15) is 4.39 Å². The first kappa shape index (κ1) is 12.6. The van der Waals surface area contributed by atoms with Crippen LogP contribution in [0.1, 0.15) is 12.7 Å². The Morgan fingerprint density at radius 2 is 2.28 bits per heavy atom. The number of benzene rings is 1. The Kier molecular flexibility index (Phi) is 3.94. The first-order valence-corrected chi connectivity index (χ1v) is 5.82. The summed E-state index contributed by atoms with van der Waals surface area (Å²) >= 11 is 0. The van der Waals surface area contributed by atoms with E-state index in [4.69, 9.17) is 9.84 Å². The average molecular weight is 250 g/mol. The molecule has 1 heterocycles. The number of hydrogen-bond donors (Lipinski definition) is 2. The number of aliphatic hydroxyl groups is 1. The molecule has 0 aliphatic heterocycles. The summed E-state index contributed by atoms with van der Waals surface area (Å²) in [5, 5.41) is 8.80. The van der Waals surface area contributed by atoms with Crippen molar-refractivity contribution in [1.29, 1.82) is 0 Å². The van der Waals surface area contributed by atoms with Gasteiger partial charge in [-0.3, -0.25) is 0 Å². The fourth-order valence-corrected chi connectivity index (χ4v) is 1.68. The van der Waals surface area contributed by atoms with Crippen LogP contribution in [0, 0.1) is 5.82 Å². The van der Waals surface area contributed by atoms with Crippen LogP contribution in [0.5, 0.6) is 5.75 Å². The third kappa shape index (κ3) is 2.68. The van der Waals surface area contributed by atoms with Crippen molar-refractivity contribution in [3.05, 3.63) is 36.0 Å². The van der Waals surface area contributed by atoms with Crippen molar-refractivity contribution in [1.82, 2.24) is 9.97 Å². The van der Waals surface area contributed by atoms with Crippen LogP contribution in [0.25, 0.3) is 11.3 Å². The van der Waals surface area contributed by atoms with Gasteiger partial charge in [0.1, 0.15) is 5.82 Å². The van der Waals surface area contributed by atoms with Crippen LogP contribution in [0.2, 0.25) is 0 Å². The fourth-order valence-electron chi connectivity index (χ4n) is 1.68. The van der Waals surface area contributed by atoms with Crippen LogP contribution in [0.3, 0.4) is 0 Å². The number of hydrogen-bond acceptors (Lipinski definition) is 3. The van der Waals surface area contributed by atoms with Gasteiger partial charge in [0, 0.05) is 12.0 Å².